The summed E-state index contributed by atoms with van der Waals surface area (Å²) in [5, 5.41) is 13.2. The number of aromatic nitrogens is 4. The Balaban J connectivity index is 1.88. The quantitative estimate of drug-likeness (QED) is 0.235. The number of carbonyl (C=O) groups excluding carboxylic acids is 1. The van der Waals surface area contributed by atoms with E-state index in [1.54, 1.807) is 29.6 Å². The molecule has 0 aliphatic heterocycles. The second-order valence-electron chi connectivity index (χ2n) is 4.32. The van der Waals surface area contributed by atoms with E-state index in [1.165, 1.54) is 0 Å². The second kappa shape index (κ2) is 6.76. The molecular weight excluding hydrogens is 332 g/mol. The van der Waals surface area contributed by atoms with Crippen LogP contribution in [0, 0.1) is 12.3 Å². The Bertz CT molecular complexity index is 955. The van der Waals surface area contributed by atoms with Crippen LogP contribution in [0.15, 0.2) is 34.8 Å². The Morgan fingerprint density at radius 1 is 1.46 bits per heavy atom. The summed E-state index contributed by atoms with van der Waals surface area (Å²) in [5.74, 6) is 1.40. The smallest absolute Gasteiger partial charge is 0.382 e. The van der Waals surface area contributed by atoms with Gasteiger partial charge in [-0.2, -0.15) is 0 Å². The van der Waals surface area contributed by atoms with Crippen LogP contribution in [-0.2, 0) is 9.63 Å². The molecule has 0 amide bonds. The van der Waals surface area contributed by atoms with Crippen molar-refractivity contribution in [2.75, 3.05) is 12.3 Å². The van der Waals surface area contributed by atoms with Crippen LogP contribution in [0.2, 0.25) is 0 Å². The van der Waals surface area contributed by atoms with Crippen LogP contribution in [0.25, 0.3) is 11.0 Å². The maximum absolute atomic E-state index is 12.4. The zero-order valence-electron chi connectivity index (χ0n) is 12.1. The summed E-state index contributed by atoms with van der Waals surface area (Å²) >= 11 is 1.15. The molecule has 0 aliphatic carbocycles. The number of carbonyl (C=O) groups is 1. The molecule has 3 rings (SSSR count). The van der Waals surface area contributed by atoms with Crippen molar-refractivity contribution < 1.29 is 14.5 Å². The third-order valence-electron chi connectivity index (χ3n) is 2.75. The molecule has 2 N–H and O–H groups in total. The van der Waals surface area contributed by atoms with Gasteiger partial charge in [0, 0.05) is 5.38 Å². The minimum absolute atomic E-state index is 0.108. The molecule has 0 bridgehead atoms. The number of oxime groups is 1. The molecule has 120 valence electrons. The van der Waals surface area contributed by atoms with Crippen molar-refractivity contribution in [1.82, 2.24) is 20.1 Å². The summed E-state index contributed by atoms with van der Waals surface area (Å²) < 4.78 is 0. The summed E-state index contributed by atoms with van der Waals surface area (Å²) in [5.41, 5.74) is 6.71. The first kappa shape index (κ1) is 15.4. The number of nitrogen functional groups attached to an aromatic ring is 1. The van der Waals surface area contributed by atoms with Gasteiger partial charge >= 0.3 is 5.97 Å². The van der Waals surface area contributed by atoms with Gasteiger partial charge in [-0.05, 0) is 17.3 Å². The predicted molar refractivity (Wildman–Crippen MR) is 87.0 cm³/mol. The van der Waals surface area contributed by atoms with Crippen LogP contribution in [0.1, 0.15) is 5.69 Å². The topological polar surface area (TPSA) is 118 Å². The largest absolute Gasteiger partial charge is 0.389 e. The van der Waals surface area contributed by atoms with Crippen LogP contribution >= 0.6 is 11.3 Å². The van der Waals surface area contributed by atoms with Crippen molar-refractivity contribution in [2.45, 2.75) is 0 Å². The van der Waals surface area contributed by atoms with Gasteiger partial charge in [0.1, 0.15) is 16.7 Å². The number of benzene rings is 1. The maximum Gasteiger partial charge on any atom is 0.389 e. The number of fused-ring (bicyclic) bond motifs is 1. The van der Waals surface area contributed by atoms with E-state index in [0.29, 0.717) is 11.0 Å². The van der Waals surface area contributed by atoms with E-state index < -0.39 is 5.97 Å². The van der Waals surface area contributed by atoms with E-state index in [-0.39, 0.29) is 23.1 Å². The first-order chi connectivity index (χ1) is 11.7. The molecule has 0 unspecified atom stereocenters. The molecule has 3 aromatic rings. The summed E-state index contributed by atoms with van der Waals surface area (Å²) in [6.45, 7) is -0.108. The minimum atomic E-state index is -0.840. The number of nitrogens with two attached hydrogens (primary N) is 1. The lowest BCUT2D eigenvalue weighted by molar-refractivity contribution is -0.137. The van der Waals surface area contributed by atoms with Gasteiger partial charge in [0.25, 0.3) is 0 Å². The van der Waals surface area contributed by atoms with Gasteiger partial charge in [-0.3, -0.25) is 0 Å². The summed E-state index contributed by atoms with van der Waals surface area (Å²) in [4.78, 5) is 27.4. The van der Waals surface area contributed by atoms with Crippen molar-refractivity contribution in [3.63, 3.8) is 0 Å². The zero-order chi connectivity index (χ0) is 16.9. The summed E-state index contributed by atoms with van der Waals surface area (Å²) in [6, 6.07) is 7.00. The van der Waals surface area contributed by atoms with Crippen LogP contribution in [0.3, 0.4) is 0 Å². The molecule has 0 fully saturated rings. The Hall–Kier alpha value is -3.45. The molecule has 2 heterocycles. The molecule has 0 saturated heterocycles. The van der Waals surface area contributed by atoms with E-state index in [0.717, 1.165) is 16.2 Å². The Morgan fingerprint density at radius 3 is 3.04 bits per heavy atom. The number of thiazole rings is 1. The van der Waals surface area contributed by atoms with Gasteiger partial charge < -0.3 is 15.4 Å². The van der Waals surface area contributed by atoms with Gasteiger partial charge in [-0.1, -0.05) is 28.1 Å². The third-order valence-corrected chi connectivity index (χ3v) is 3.43. The van der Waals surface area contributed by atoms with E-state index in [4.69, 9.17) is 21.8 Å². The highest BCUT2D eigenvalue weighted by molar-refractivity contribution is 7.13. The van der Waals surface area contributed by atoms with E-state index in [1.807, 2.05) is 0 Å². The molecule has 0 radical (unpaired) electrons. The Kier molecular flexibility index (Phi) is 4.35. The molecule has 2 aromatic heterocycles. The monoisotopic (exact) mass is 342 g/mol. The minimum Gasteiger partial charge on any atom is -0.382 e. The van der Waals surface area contributed by atoms with Crippen molar-refractivity contribution in [1.29, 1.82) is 0 Å². The van der Waals surface area contributed by atoms with Crippen molar-refractivity contribution >= 4 is 39.2 Å². The third kappa shape index (κ3) is 3.16. The number of hydrogen-bond acceptors (Lipinski definition) is 9. The van der Waals surface area contributed by atoms with Crippen molar-refractivity contribution in [3.05, 3.63) is 35.3 Å². The van der Waals surface area contributed by atoms with Gasteiger partial charge in [0.15, 0.2) is 11.7 Å². The molecular formula is C14H10N6O3S. The molecule has 24 heavy (non-hydrogen) atoms. The molecule has 0 spiro atoms. The molecule has 0 aliphatic rings. The average molecular weight is 342 g/mol. The SMILES string of the molecule is C#CCO/N=C(\C(=O)On1nnc2ccccc21)c1csc(N)n1. The zero-order valence-corrected chi connectivity index (χ0v) is 12.9. The number of terminal acetylenes is 1. The predicted octanol–water partition coefficient (Wildman–Crippen LogP) is 0.479. The van der Waals surface area contributed by atoms with Gasteiger partial charge in [-0.15, -0.1) is 22.9 Å². The molecule has 1 aromatic carbocycles. The van der Waals surface area contributed by atoms with Crippen molar-refractivity contribution in [3.8, 4) is 12.3 Å². The van der Waals surface area contributed by atoms with Gasteiger partial charge in [-0.25, -0.2) is 9.78 Å². The summed E-state index contributed by atoms with van der Waals surface area (Å²) in [7, 11) is 0. The van der Waals surface area contributed by atoms with Crippen molar-refractivity contribution in [2.24, 2.45) is 5.16 Å². The number of rotatable bonds is 5. The van der Waals surface area contributed by atoms with Gasteiger partial charge in [0.05, 0.1) is 0 Å². The molecule has 10 heteroatoms. The standard InChI is InChI=1S/C14H10N6O3S/c1-2-7-22-18-12(10-8-24-14(15)16-10)13(21)23-20-11-6-4-3-5-9(11)17-19-20/h1,3-6,8H,7H2,(H2,15,16)/b18-12-. The Morgan fingerprint density at radius 2 is 2.29 bits per heavy atom. The fourth-order valence-corrected chi connectivity index (χ4v) is 2.30. The van der Waals surface area contributed by atoms with Gasteiger partial charge in [0.2, 0.25) is 5.71 Å². The lowest BCUT2D eigenvalue weighted by atomic mass is 10.3. The fourth-order valence-electron chi connectivity index (χ4n) is 1.76. The maximum atomic E-state index is 12.4. The van der Waals surface area contributed by atoms with Crippen LogP contribution < -0.4 is 10.6 Å². The number of nitrogens with zero attached hydrogens (tertiary/aromatic N) is 5. The molecule has 0 atom stereocenters. The average Bonchev–Trinajstić information content (AvgIpc) is 3.18. The lowest BCUT2D eigenvalue weighted by Gasteiger charge is -2.04. The van der Waals surface area contributed by atoms with E-state index in [2.05, 4.69) is 26.4 Å². The fraction of sp³-hybridized carbons (Fsp3) is 0.0714. The highest BCUT2D eigenvalue weighted by atomic mass is 32.1. The first-order valence-electron chi connectivity index (χ1n) is 6.57. The number of anilines is 1. The van der Waals surface area contributed by atoms with E-state index in [9.17, 15) is 4.79 Å². The highest BCUT2D eigenvalue weighted by Crippen LogP contribution is 2.13. The number of para-hydroxylation sites is 1. The van der Waals surface area contributed by atoms with Crippen LogP contribution in [-0.4, -0.2) is 38.4 Å². The van der Waals surface area contributed by atoms with Crippen LogP contribution in [0.5, 0.6) is 0 Å². The lowest BCUT2D eigenvalue weighted by Crippen LogP contribution is -2.29. The highest BCUT2D eigenvalue weighted by Gasteiger charge is 2.22. The first-order valence-corrected chi connectivity index (χ1v) is 7.45. The molecule has 9 nitrogen and oxygen atoms in total. The Labute approximate surface area is 139 Å². The van der Waals surface area contributed by atoms with Crippen LogP contribution in [0.4, 0.5) is 5.13 Å². The van der Waals surface area contributed by atoms with E-state index >= 15 is 0 Å². The normalized spacial score (nSPS) is 11.2. The summed E-state index contributed by atoms with van der Waals surface area (Å²) in [6.07, 6.45) is 5.09. The number of hydrogen-bond donors (Lipinski definition) is 1. The second-order valence-corrected chi connectivity index (χ2v) is 5.21. The molecule has 0 saturated carbocycles.